The van der Waals surface area contributed by atoms with Gasteiger partial charge in [-0.05, 0) is 61.7 Å². The normalized spacial score (nSPS) is 24.7. The van der Waals surface area contributed by atoms with E-state index in [1.807, 2.05) is 32.1 Å². The topological polar surface area (TPSA) is 0 Å². The van der Waals surface area contributed by atoms with Crippen LogP contribution in [0.25, 0.3) is 0 Å². The van der Waals surface area contributed by atoms with Gasteiger partial charge in [0, 0.05) is 20.1 Å². The first-order chi connectivity index (χ1) is 9.50. The Morgan fingerprint density at radius 2 is 0.565 bits per heavy atom. The van der Waals surface area contributed by atoms with E-state index in [1.54, 1.807) is 0 Å². The van der Waals surface area contributed by atoms with E-state index in [-0.39, 0.29) is 20.1 Å². The molecule has 11 radical (unpaired) electrons. The Labute approximate surface area is 149 Å². The molecule has 0 heterocycles. The molecule has 2 aliphatic rings. The van der Waals surface area contributed by atoms with Gasteiger partial charge in [-0.2, -0.15) is 0 Å². The maximum atomic E-state index is 9.87. The fourth-order valence-electron chi connectivity index (χ4n) is 1.73. The summed E-state index contributed by atoms with van der Waals surface area (Å²) in [7, 11) is -10.7. The smallest absolute Gasteiger partial charge is 0 e. The summed E-state index contributed by atoms with van der Waals surface area (Å²) < 4.78 is 59.2. The van der Waals surface area contributed by atoms with Crippen molar-refractivity contribution in [3.8, 4) is 0 Å². The molecule has 0 aliphatic heterocycles. The second kappa shape index (κ2) is 8.36. The molecule has 0 atom stereocenters. The van der Waals surface area contributed by atoms with E-state index in [4.69, 9.17) is 0 Å². The van der Waals surface area contributed by atoms with Gasteiger partial charge in [-0.1, -0.05) is 34.6 Å². The molecule has 0 bridgehead atoms. The Kier molecular flexibility index (Phi) is 9.41. The van der Waals surface area contributed by atoms with Crippen LogP contribution in [-0.4, -0.2) is 0 Å². The van der Waals surface area contributed by atoms with Gasteiger partial charge >= 0.3 is 33.0 Å². The molecule has 2 saturated carbocycles. The van der Waals surface area contributed by atoms with E-state index in [1.165, 1.54) is 29.6 Å². The first kappa shape index (κ1) is 25.9. The molecular formula is C15H20F6IrP-. The molecule has 0 spiro atoms. The van der Waals surface area contributed by atoms with Gasteiger partial charge < -0.3 is 0 Å². The third kappa shape index (κ3) is 14.7. The van der Waals surface area contributed by atoms with Crippen molar-refractivity contribution in [2.24, 2.45) is 0 Å². The van der Waals surface area contributed by atoms with E-state index in [0.29, 0.717) is 0 Å². The zero-order valence-corrected chi connectivity index (χ0v) is 16.7. The van der Waals surface area contributed by atoms with Crippen LogP contribution in [0.4, 0.5) is 25.2 Å². The molecule has 0 nitrogen and oxygen atoms in total. The number of halogens is 6. The molecular weight excluding hydrogens is 517 g/mol. The van der Waals surface area contributed by atoms with Crippen LogP contribution >= 0.6 is 7.81 Å². The van der Waals surface area contributed by atoms with Gasteiger partial charge in [0.05, 0.1) is 0 Å². The third-order valence-electron chi connectivity index (χ3n) is 3.37. The van der Waals surface area contributed by atoms with Crippen molar-refractivity contribution in [3.63, 3.8) is 0 Å². The Morgan fingerprint density at radius 1 is 0.478 bits per heavy atom. The van der Waals surface area contributed by atoms with Crippen molar-refractivity contribution in [2.75, 3.05) is 0 Å². The molecule has 2 fully saturated rings. The predicted octanol–water partition coefficient (Wildman–Crippen LogP) is 7.37. The van der Waals surface area contributed by atoms with Gasteiger partial charge in [0.2, 0.25) is 0 Å². The fourth-order valence-corrected chi connectivity index (χ4v) is 1.73. The summed E-state index contributed by atoms with van der Waals surface area (Å²) in [6.07, 6.45) is 10.0. The summed E-state index contributed by atoms with van der Waals surface area (Å²) in [6.45, 7) is 11.0. The Hall–Kier alpha value is 0.659. The summed E-state index contributed by atoms with van der Waals surface area (Å²) >= 11 is 0. The van der Waals surface area contributed by atoms with Crippen LogP contribution in [0, 0.1) is 61.7 Å². The molecule has 0 unspecified atom stereocenters. The van der Waals surface area contributed by atoms with Crippen molar-refractivity contribution >= 4 is 7.81 Å². The number of hydrogen-bond acceptors (Lipinski definition) is 0. The summed E-state index contributed by atoms with van der Waals surface area (Å²) in [4.78, 5) is 0. The van der Waals surface area contributed by atoms with Gasteiger partial charge in [-0.15, -0.1) is 0 Å². The number of hydrogen-bond donors (Lipinski definition) is 0. The van der Waals surface area contributed by atoms with Crippen LogP contribution in [0.1, 0.15) is 34.6 Å². The van der Waals surface area contributed by atoms with E-state index in [0.717, 1.165) is 0 Å². The summed E-state index contributed by atoms with van der Waals surface area (Å²) in [5.74, 6) is 7.34. The van der Waals surface area contributed by atoms with Crippen LogP contribution in [0.2, 0.25) is 0 Å². The largest absolute Gasteiger partial charge is 0.0312 e. The Balaban J connectivity index is 0. The van der Waals surface area contributed by atoms with Gasteiger partial charge in [-0.25, -0.2) is 0 Å². The first-order valence-electron chi connectivity index (χ1n) is 6.43. The van der Waals surface area contributed by atoms with Crippen LogP contribution in [0.5, 0.6) is 0 Å². The van der Waals surface area contributed by atoms with Gasteiger partial charge in [0.25, 0.3) is 0 Å². The summed E-state index contributed by atoms with van der Waals surface area (Å²) in [6, 6.07) is 0. The van der Waals surface area contributed by atoms with Crippen molar-refractivity contribution in [1.82, 2.24) is 0 Å². The van der Waals surface area contributed by atoms with Crippen LogP contribution < -0.4 is 0 Å². The third-order valence-corrected chi connectivity index (χ3v) is 3.37. The molecule has 2 rings (SSSR count). The average Bonchev–Trinajstić information content (AvgIpc) is 2.93. The number of rotatable bonds is 0. The molecule has 0 N–H and O–H groups in total. The second-order valence-corrected chi connectivity index (χ2v) is 6.96. The average molecular weight is 538 g/mol. The van der Waals surface area contributed by atoms with E-state index in [9.17, 15) is 25.2 Å². The molecule has 0 amide bonds. The Morgan fingerprint density at radius 3 is 0.652 bits per heavy atom. The minimum absolute atomic E-state index is 0. The first-order valence-corrected chi connectivity index (χ1v) is 8.46. The molecule has 23 heavy (non-hydrogen) atoms. The summed E-state index contributed by atoms with van der Waals surface area (Å²) in [5.41, 5.74) is 0. The fraction of sp³-hybridized carbons (Fsp3) is 0.333. The quantitative estimate of drug-likeness (QED) is 0.224. The maximum Gasteiger partial charge on any atom is 0 e. The standard InChI is InChI=1S/C10H15.C5H5.F6P.Ir/c1-6-7(2)9(4)10(5)8(6)3;1-2-4-5-3-1;1-7(2,3,4,5)6;/h1-5H3;1-5H;;/q;;-1;. The Bertz CT molecular complexity index is 274. The zero-order valence-electron chi connectivity index (χ0n) is 13.4. The van der Waals surface area contributed by atoms with Gasteiger partial charge in [-0.3, -0.25) is 0 Å². The molecule has 0 aromatic heterocycles. The van der Waals surface area contributed by atoms with E-state index < -0.39 is 7.81 Å². The molecule has 2 aliphatic carbocycles. The molecule has 0 aromatic carbocycles. The van der Waals surface area contributed by atoms with Crippen molar-refractivity contribution < 1.29 is 45.3 Å². The minimum Gasteiger partial charge on any atom is -0.0312 e. The van der Waals surface area contributed by atoms with Crippen molar-refractivity contribution in [3.05, 3.63) is 61.7 Å². The monoisotopic (exact) mass is 538 g/mol. The van der Waals surface area contributed by atoms with Gasteiger partial charge in [0.15, 0.2) is 0 Å². The maximum absolute atomic E-state index is 10.7. The van der Waals surface area contributed by atoms with Gasteiger partial charge in [0.1, 0.15) is 0 Å². The minimum atomic E-state index is -10.7. The molecule has 8 heteroatoms. The SMILES string of the molecule is C[C]1[C](C)[C](C)[C](C)[C]1C.F[P-](F)(F)(F)(F)F.[CH]1[CH][CH][CH][CH]1.[Ir]. The molecule has 137 valence electrons. The van der Waals surface area contributed by atoms with E-state index >= 15 is 0 Å². The molecule has 0 saturated heterocycles. The van der Waals surface area contributed by atoms with Crippen molar-refractivity contribution in [1.29, 1.82) is 0 Å². The zero-order chi connectivity index (χ0) is 17.8. The van der Waals surface area contributed by atoms with Crippen LogP contribution in [-0.2, 0) is 20.1 Å². The second-order valence-electron chi connectivity index (χ2n) is 5.05. The summed E-state index contributed by atoms with van der Waals surface area (Å²) in [5, 5.41) is 0. The van der Waals surface area contributed by atoms with Crippen LogP contribution in [0.3, 0.4) is 0 Å². The van der Waals surface area contributed by atoms with Crippen LogP contribution in [0.15, 0.2) is 0 Å². The van der Waals surface area contributed by atoms with E-state index in [2.05, 4.69) is 34.6 Å². The predicted molar refractivity (Wildman–Crippen MR) is 79.7 cm³/mol. The molecule has 0 aromatic rings. The van der Waals surface area contributed by atoms with Crippen molar-refractivity contribution in [2.45, 2.75) is 34.6 Å².